The van der Waals surface area contributed by atoms with Crippen molar-refractivity contribution in [3.8, 4) is 0 Å². The van der Waals surface area contributed by atoms with Gasteiger partial charge in [0.05, 0.1) is 0 Å². The molecule has 18 heavy (non-hydrogen) atoms. The minimum Gasteiger partial charge on any atom is -0.368 e. The van der Waals surface area contributed by atoms with Crippen molar-refractivity contribution in [1.29, 1.82) is 0 Å². The van der Waals surface area contributed by atoms with E-state index in [0.29, 0.717) is 13.2 Å². The van der Waals surface area contributed by atoms with Gasteiger partial charge in [-0.25, -0.2) is 0 Å². The van der Waals surface area contributed by atoms with Crippen molar-refractivity contribution in [1.82, 2.24) is 4.90 Å². The van der Waals surface area contributed by atoms with Gasteiger partial charge in [-0.3, -0.25) is 4.79 Å². The lowest BCUT2D eigenvalue weighted by Gasteiger charge is -2.32. The zero-order valence-electron chi connectivity index (χ0n) is 11.0. The summed E-state index contributed by atoms with van der Waals surface area (Å²) in [7, 11) is 0. The van der Waals surface area contributed by atoms with Crippen molar-refractivity contribution in [3.05, 3.63) is 35.9 Å². The van der Waals surface area contributed by atoms with Crippen LogP contribution < -0.4 is 0 Å². The Hall–Kier alpha value is -1.35. The van der Waals surface area contributed by atoms with Gasteiger partial charge in [-0.2, -0.15) is 0 Å². The summed E-state index contributed by atoms with van der Waals surface area (Å²) in [5.74, 6) is 0.151. The quantitative estimate of drug-likeness (QED) is 0.800. The zero-order chi connectivity index (χ0) is 12.8. The maximum absolute atomic E-state index is 12.2. The number of carbonyl (C=O) groups excluding carboxylic acids is 1. The van der Waals surface area contributed by atoms with Crippen LogP contribution in [0, 0.1) is 0 Å². The van der Waals surface area contributed by atoms with Gasteiger partial charge in [-0.05, 0) is 24.8 Å². The molecular formula is C15H21NO2. The molecule has 1 aromatic rings. The van der Waals surface area contributed by atoms with E-state index in [1.54, 1.807) is 0 Å². The number of amides is 1. The van der Waals surface area contributed by atoms with Crippen LogP contribution in [0.3, 0.4) is 0 Å². The first-order valence-electron chi connectivity index (χ1n) is 6.75. The monoisotopic (exact) mass is 247 g/mol. The van der Waals surface area contributed by atoms with Gasteiger partial charge in [-0.15, -0.1) is 0 Å². The SMILES string of the molecule is CCCOC1CCCN(Cc2ccccc2)C1=O. The Labute approximate surface area is 109 Å². The van der Waals surface area contributed by atoms with Crippen molar-refractivity contribution in [2.75, 3.05) is 13.2 Å². The third-order valence-electron chi connectivity index (χ3n) is 3.22. The summed E-state index contributed by atoms with van der Waals surface area (Å²) < 4.78 is 5.62. The minimum atomic E-state index is -0.220. The zero-order valence-corrected chi connectivity index (χ0v) is 11.0. The molecule has 0 saturated carbocycles. The Morgan fingerprint density at radius 2 is 2.11 bits per heavy atom. The fraction of sp³-hybridized carbons (Fsp3) is 0.533. The van der Waals surface area contributed by atoms with Gasteiger partial charge in [-0.1, -0.05) is 37.3 Å². The van der Waals surface area contributed by atoms with E-state index in [0.717, 1.165) is 25.8 Å². The molecule has 98 valence electrons. The fourth-order valence-corrected chi connectivity index (χ4v) is 2.28. The van der Waals surface area contributed by atoms with Crippen molar-refractivity contribution >= 4 is 5.91 Å². The van der Waals surface area contributed by atoms with E-state index in [9.17, 15) is 4.79 Å². The first-order valence-corrected chi connectivity index (χ1v) is 6.75. The molecule has 1 aliphatic heterocycles. The first kappa shape index (κ1) is 13.1. The smallest absolute Gasteiger partial charge is 0.251 e. The highest BCUT2D eigenvalue weighted by Crippen LogP contribution is 2.17. The van der Waals surface area contributed by atoms with Gasteiger partial charge in [0.1, 0.15) is 6.10 Å². The van der Waals surface area contributed by atoms with Gasteiger partial charge in [0.25, 0.3) is 5.91 Å². The van der Waals surface area contributed by atoms with Gasteiger partial charge in [0.2, 0.25) is 0 Å². The standard InChI is InChI=1S/C15H21NO2/c1-2-11-18-14-9-6-10-16(15(14)17)12-13-7-4-3-5-8-13/h3-5,7-8,14H,2,6,9-12H2,1H3. The van der Waals surface area contributed by atoms with Gasteiger partial charge >= 0.3 is 0 Å². The third-order valence-corrected chi connectivity index (χ3v) is 3.22. The Bertz CT molecular complexity index is 377. The Kier molecular flexibility index (Phi) is 4.76. The number of hydrogen-bond donors (Lipinski definition) is 0. The number of carbonyl (C=O) groups is 1. The highest BCUT2D eigenvalue weighted by molar-refractivity contribution is 5.81. The summed E-state index contributed by atoms with van der Waals surface area (Å²) in [5.41, 5.74) is 1.18. The van der Waals surface area contributed by atoms with Crippen LogP contribution >= 0.6 is 0 Å². The van der Waals surface area contributed by atoms with E-state index in [1.165, 1.54) is 5.56 Å². The molecule has 1 unspecified atom stereocenters. The van der Waals surface area contributed by atoms with E-state index < -0.39 is 0 Å². The lowest BCUT2D eigenvalue weighted by atomic mass is 10.1. The molecule has 1 heterocycles. The molecule has 3 nitrogen and oxygen atoms in total. The number of likely N-dealkylation sites (tertiary alicyclic amines) is 1. The summed E-state index contributed by atoms with van der Waals surface area (Å²) in [6.45, 7) is 4.29. The highest BCUT2D eigenvalue weighted by atomic mass is 16.5. The third kappa shape index (κ3) is 3.33. The highest BCUT2D eigenvalue weighted by Gasteiger charge is 2.28. The van der Waals surface area contributed by atoms with Crippen LogP contribution in [0.1, 0.15) is 31.7 Å². The van der Waals surface area contributed by atoms with Crippen LogP contribution in [0.5, 0.6) is 0 Å². The number of hydrogen-bond acceptors (Lipinski definition) is 2. The fourth-order valence-electron chi connectivity index (χ4n) is 2.28. The molecule has 3 heteroatoms. The molecule has 0 bridgehead atoms. The maximum atomic E-state index is 12.2. The average molecular weight is 247 g/mol. The van der Waals surface area contributed by atoms with Crippen LogP contribution in [0.25, 0.3) is 0 Å². The molecule has 1 aromatic carbocycles. The summed E-state index contributed by atoms with van der Waals surface area (Å²) in [4.78, 5) is 14.2. The van der Waals surface area contributed by atoms with Gasteiger partial charge in [0.15, 0.2) is 0 Å². The Balaban J connectivity index is 1.94. The summed E-state index contributed by atoms with van der Waals surface area (Å²) in [6, 6.07) is 10.1. The molecule has 0 radical (unpaired) electrons. The molecule has 1 fully saturated rings. The van der Waals surface area contributed by atoms with E-state index in [1.807, 2.05) is 23.1 Å². The summed E-state index contributed by atoms with van der Waals surface area (Å²) in [6.07, 6.45) is 2.64. The van der Waals surface area contributed by atoms with Crippen molar-refractivity contribution < 1.29 is 9.53 Å². The largest absolute Gasteiger partial charge is 0.368 e. The van der Waals surface area contributed by atoms with Crippen LogP contribution in [0.4, 0.5) is 0 Å². The average Bonchev–Trinajstić information content (AvgIpc) is 2.41. The second kappa shape index (κ2) is 6.55. The van der Waals surface area contributed by atoms with Crippen LogP contribution in [-0.2, 0) is 16.1 Å². The van der Waals surface area contributed by atoms with Crippen LogP contribution in [0.2, 0.25) is 0 Å². The van der Waals surface area contributed by atoms with Gasteiger partial charge in [0, 0.05) is 19.7 Å². The molecule has 1 atom stereocenters. The number of ether oxygens (including phenoxy) is 1. The van der Waals surface area contributed by atoms with Crippen molar-refractivity contribution in [3.63, 3.8) is 0 Å². The summed E-state index contributed by atoms with van der Waals surface area (Å²) >= 11 is 0. The minimum absolute atomic E-state index is 0.151. The summed E-state index contributed by atoms with van der Waals surface area (Å²) in [5, 5.41) is 0. The molecule has 0 N–H and O–H groups in total. The van der Waals surface area contributed by atoms with Crippen LogP contribution in [-0.4, -0.2) is 30.1 Å². The number of rotatable bonds is 5. The van der Waals surface area contributed by atoms with Gasteiger partial charge < -0.3 is 9.64 Å². The predicted molar refractivity (Wildman–Crippen MR) is 71.1 cm³/mol. The normalized spacial score (nSPS) is 20.2. The van der Waals surface area contributed by atoms with Crippen LogP contribution in [0.15, 0.2) is 30.3 Å². The maximum Gasteiger partial charge on any atom is 0.251 e. The van der Waals surface area contributed by atoms with E-state index in [4.69, 9.17) is 4.74 Å². The second-order valence-corrected chi connectivity index (χ2v) is 4.75. The molecule has 0 aromatic heterocycles. The molecular weight excluding hydrogens is 226 g/mol. The lowest BCUT2D eigenvalue weighted by molar-refractivity contribution is -0.148. The number of piperidine rings is 1. The second-order valence-electron chi connectivity index (χ2n) is 4.75. The lowest BCUT2D eigenvalue weighted by Crippen LogP contribution is -2.44. The van der Waals surface area contributed by atoms with E-state index in [-0.39, 0.29) is 12.0 Å². The number of nitrogens with zero attached hydrogens (tertiary/aromatic N) is 1. The first-order chi connectivity index (χ1) is 8.81. The molecule has 1 amide bonds. The number of benzene rings is 1. The molecule has 0 aliphatic carbocycles. The molecule has 0 spiro atoms. The Morgan fingerprint density at radius 3 is 2.83 bits per heavy atom. The van der Waals surface area contributed by atoms with Crippen molar-refractivity contribution in [2.45, 2.75) is 38.8 Å². The Morgan fingerprint density at radius 1 is 1.33 bits per heavy atom. The van der Waals surface area contributed by atoms with E-state index >= 15 is 0 Å². The molecule has 1 aliphatic rings. The van der Waals surface area contributed by atoms with Crippen molar-refractivity contribution in [2.24, 2.45) is 0 Å². The van der Waals surface area contributed by atoms with E-state index in [2.05, 4.69) is 19.1 Å². The molecule has 2 rings (SSSR count). The predicted octanol–water partition coefficient (Wildman–Crippen LogP) is 2.60. The topological polar surface area (TPSA) is 29.5 Å². The molecule has 1 saturated heterocycles.